The van der Waals surface area contributed by atoms with Crippen molar-refractivity contribution in [2.45, 2.75) is 32.7 Å². The quantitative estimate of drug-likeness (QED) is 0.672. The van der Waals surface area contributed by atoms with Crippen molar-refractivity contribution in [2.24, 2.45) is 11.7 Å². The summed E-state index contributed by atoms with van der Waals surface area (Å²) >= 11 is 0. The van der Waals surface area contributed by atoms with Crippen molar-refractivity contribution < 1.29 is 14.0 Å². The highest BCUT2D eigenvalue weighted by Crippen LogP contribution is 2.19. The molecule has 0 saturated heterocycles. The zero-order valence-electron chi connectivity index (χ0n) is 11.4. The Kier molecular flexibility index (Phi) is 6.85. The van der Waals surface area contributed by atoms with E-state index in [9.17, 15) is 0 Å². The maximum Gasteiger partial charge on any atom is 0.243 e. The van der Waals surface area contributed by atoms with Crippen molar-refractivity contribution in [1.82, 2.24) is 10.1 Å². The highest BCUT2D eigenvalue weighted by molar-refractivity contribution is 4.93. The zero-order chi connectivity index (χ0) is 13.4. The summed E-state index contributed by atoms with van der Waals surface area (Å²) in [5.41, 5.74) is 6.01. The molecule has 0 aliphatic heterocycles. The number of rotatable bonds is 9. The summed E-state index contributed by atoms with van der Waals surface area (Å²) in [7, 11) is 1.64. The van der Waals surface area contributed by atoms with Crippen LogP contribution in [0.15, 0.2) is 4.52 Å². The summed E-state index contributed by atoms with van der Waals surface area (Å²) < 4.78 is 15.4. The van der Waals surface area contributed by atoms with Crippen LogP contribution in [0.1, 0.15) is 38.0 Å². The molecular formula is C12H23N3O3. The second-order valence-corrected chi connectivity index (χ2v) is 4.32. The smallest absolute Gasteiger partial charge is 0.243 e. The second kappa shape index (κ2) is 8.18. The van der Waals surface area contributed by atoms with Gasteiger partial charge in [-0.25, -0.2) is 0 Å². The Bertz CT molecular complexity index is 330. The highest BCUT2D eigenvalue weighted by Gasteiger charge is 2.19. The van der Waals surface area contributed by atoms with E-state index >= 15 is 0 Å². The van der Waals surface area contributed by atoms with E-state index < -0.39 is 0 Å². The van der Waals surface area contributed by atoms with Gasteiger partial charge in [0.1, 0.15) is 0 Å². The zero-order valence-corrected chi connectivity index (χ0v) is 11.4. The molecule has 0 aromatic carbocycles. The lowest BCUT2D eigenvalue weighted by atomic mass is 10.0. The van der Waals surface area contributed by atoms with Gasteiger partial charge in [0, 0.05) is 13.5 Å². The summed E-state index contributed by atoms with van der Waals surface area (Å²) in [4.78, 5) is 4.28. The summed E-state index contributed by atoms with van der Waals surface area (Å²) in [6.45, 7) is 5.89. The molecule has 6 nitrogen and oxygen atoms in total. The number of ether oxygens (including phenoxy) is 2. The molecular weight excluding hydrogens is 234 g/mol. The molecule has 1 aromatic heterocycles. The van der Waals surface area contributed by atoms with E-state index in [4.69, 9.17) is 19.7 Å². The molecule has 1 rings (SSSR count). The molecule has 2 N–H and O–H groups in total. The normalized spacial score (nSPS) is 14.7. The van der Waals surface area contributed by atoms with E-state index in [-0.39, 0.29) is 6.04 Å². The Morgan fingerprint density at radius 3 is 2.78 bits per heavy atom. The van der Waals surface area contributed by atoms with Crippen molar-refractivity contribution in [1.29, 1.82) is 0 Å². The minimum atomic E-state index is -0.189. The fraction of sp³-hybridized carbons (Fsp3) is 0.833. The van der Waals surface area contributed by atoms with Crippen LogP contribution in [0.4, 0.5) is 0 Å². The van der Waals surface area contributed by atoms with Gasteiger partial charge in [-0.3, -0.25) is 0 Å². The van der Waals surface area contributed by atoms with E-state index in [2.05, 4.69) is 24.0 Å². The molecule has 0 amide bonds. The first-order valence-electron chi connectivity index (χ1n) is 6.33. The maximum absolute atomic E-state index is 6.01. The number of aromatic nitrogens is 2. The molecule has 104 valence electrons. The van der Waals surface area contributed by atoms with Crippen LogP contribution in [0.3, 0.4) is 0 Å². The highest BCUT2D eigenvalue weighted by atomic mass is 16.5. The lowest BCUT2D eigenvalue weighted by molar-refractivity contribution is 0.0714. The summed E-state index contributed by atoms with van der Waals surface area (Å²) in [5.74, 6) is 1.48. The molecule has 1 unspecified atom stereocenters. The van der Waals surface area contributed by atoms with Gasteiger partial charge in [0.15, 0.2) is 5.82 Å². The van der Waals surface area contributed by atoms with Crippen molar-refractivity contribution >= 4 is 0 Å². The largest absolute Gasteiger partial charge is 0.382 e. The number of nitrogens with zero attached hydrogens (tertiary/aromatic N) is 2. The topological polar surface area (TPSA) is 83.4 Å². The van der Waals surface area contributed by atoms with Gasteiger partial charge >= 0.3 is 0 Å². The van der Waals surface area contributed by atoms with E-state index in [1.807, 2.05) is 0 Å². The van der Waals surface area contributed by atoms with Gasteiger partial charge in [0.25, 0.3) is 0 Å². The third kappa shape index (κ3) is 4.72. The first-order chi connectivity index (χ1) is 8.69. The predicted molar refractivity (Wildman–Crippen MR) is 67.1 cm³/mol. The van der Waals surface area contributed by atoms with E-state index in [1.54, 1.807) is 7.11 Å². The van der Waals surface area contributed by atoms with Gasteiger partial charge < -0.3 is 19.7 Å². The van der Waals surface area contributed by atoms with Gasteiger partial charge in [-0.1, -0.05) is 25.4 Å². The van der Waals surface area contributed by atoms with Crippen molar-refractivity contribution in [2.75, 3.05) is 26.9 Å². The van der Waals surface area contributed by atoms with Gasteiger partial charge in [-0.05, 0) is 5.92 Å². The van der Waals surface area contributed by atoms with Gasteiger partial charge in [0.05, 0.1) is 25.9 Å². The Balaban J connectivity index is 2.34. The second-order valence-electron chi connectivity index (χ2n) is 4.32. The summed E-state index contributed by atoms with van der Waals surface area (Å²) in [6.07, 6.45) is 1.61. The van der Waals surface area contributed by atoms with Crippen LogP contribution in [0.25, 0.3) is 0 Å². The van der Waals surface area contributed by atoms with Crippen LogP contribution in [-0.4, -0.2) is 37.1 Å². The van der Waals surface area contributed by atoms with Gasteiger partial charge in [-0.2, -0.15) is 4.98 Å². The predicted octanol–water partition coefficient (Wildman–Crippen LogP) is 1.32. The molecule has 1 aromatic rings. The molecule has 0 radical (unpaired) electrons. The van der Waals surface area contributed by atoms with Crippen LogP contribution >= 0.6 is 0 Å². The Hall–Kier alpha value is -0.980. The molecule has 0 saturated carbocycles. The van der Waals surface area contributed by atoms with Gasteiger partial charge in [0.2, 0.25) is 5.89 Å². The lowest BCUT2D eigenvalue weighted by Crippen LogP contribution is -2.19. The Morgan fingerprint density at radius 1 is 1.33 bits per heavy atom. The van der Waals surface area contributed by atoms with Crippen LogP contribution in [-0.2, 0) is 15.9 Å². The van der Waals surface area contributed by atoms with E-state index in [0.717, 1.165) is 6.42 Å². The first kappa shape index (κ1) is 15.1. The number of hydrogen-bond donors (Lipinski definition) is 1. The maximum atomic E-state index is 6.01. The Labute approximate surface area is 108 Å². The Morgan fingerprint density at radius 2 is 2.11 bits per heavy atom. The number of methoxy groups -OCH3 is 1. The number of nitrogens with two attached hydrogens (primary N) is 1. The van der Waals surface area contributed by atoms with Crippen LogP contribution < -0.4 is 5.73 Å². The van der Waals surface area contributed by atoms with Crippen molar-refractivity contribution in [3.8, 4) is 0 Å². The SMILES string of the molecule is CCC(C)[C@H](N)c1nc(CCOCCOC)no1. The monoisotopic (exact) mass is 257 g/mol. The third-order valence-corrected chi connectivity index (χ3v) is 2.93. The molecule has 0 aliphatic carbocycles. The average molecular weight is 257 g/mol. The van der Waals surface area contributed by atoms with E-state index in [1.165, 1.54) is 0 Å². The van der Waals surface area contributed by atoms with Crippen molar-refractivity contribution in [3.05, 3.63) is 11.7 Å². The fourth-order valence-corrected chi connectivity index (χ4v) is 1.41. The molecule has 0 spiro atoms. The van der Waals surface area contributed by atoms with Gasteiger partial charge in [-0.15, -0.1) is 0 Å². The lowest BCUT2D eigenvalue weighted by Gasteiger charge is -2.12. The van der Waals surface area contributed by atoms with E-state index in [0.29, 0.717) is 43.9 Å². The fourth-order valence-electron chi connectivity index (χ4n) is 1.41. The van der Waals surface area contributed by atoms with Crippen LogP contribution in [0.2, 0.25) is 0 Å². The molecule has 6 heteroatoms. The molecule has 0 fully saturated rings. The number of hydrogen-bond acceptors (Lipinski definition) is 6. The summed E-state index contributed by atoms with van der Waals surface area (Å²) in [6, 6.07) is -0.189. The molecule has 18 heavy (non-hydrogen) atoms. The molecule has 0 aliphatic rings. The standard InChI is InChI=1S/C12H23N3O3/c1-4-9(2)11(13)12-14-10(15-18-12)5-6-17-8-7-16-3/h9,11H,4-8,13H2,1-3H3/t9?,11-/m0/s1. The first-order valence-corrected chi connectivity index (χ1v) is 6.33. The molecule has 2 atom stereocenters. The minimum absolute atomic E-state index is 0.189. The molecule has 1 heterocycles. The minimum Gasteiger partial charge on any atom is -0.382 e. The van der Waals surface area contributed by atoms with Crippen LogP contribution in [0.5, 0.6) is 0 Å². The molecule has 0 bridgehead atoms. The summed E-state index contributed by atoms with van der Waals surface area (Å²) in [5, 5.41) is 3.89. The third-order valence-electron chi connectivity index (χ3n) is 2.93. The average Bonchev–Trinajstić information content (AvgIpc) is 2.85. The van der Waals surface area contributed by atoms with Crippen molar-refractivity contribution in [3.63, 3.8) is 0 Å². The van der Waals surface area contributed by atoms with Crippen LogP contribution in [0, 0.1) is 5.92 Å².